The molecule has 2 rings (SSSR count). The third-order valence-corrected chi connectivity index (χ3v) is 2.79. The van der Waals surface area contributed by atoms with Crippen LogP contribution in [0.25, 0.3) is 0 Å². The number of nitrogens with zero attached hydrogens (tertiary/aromatic N) is 2. The number of halogens is 1. The maximum atomic E-state index is 12.2. The highest BCUT2D eigenvalue weighted by Crippen LogP contribution is 2.23. The van der Waals surface area contributed by atoms with E-state index in [0.717, 1.165) is 0 Å². The molecule has 6 nitrogen and oxygen atoms in total. The predicted octanol–water partition coefficient (Wildman–Crippen LogP) is 2.40. The van der Waals surface area contributed by atoms with Crippen molar-refractivity contribution in [3.05, 3.63) is 41.2 Å². The topological polar surface area (TPSA) is 65.4 Å². The molecule has 0 unspecified atom stereocenters. The number of ether oxygens (including phenoxy) is 2. The Morgan fingerprint density at radius 2 is 2.25 bits per heavy atom. The zero-order valence-corrected chi connectivity index (χ0v) is 11.8. The van der Waals surface area contributed by atoms with Gasteiger partial charge in [0.1, 0.15) is 12.5 Å². The normalized spacial score (nSPS) is 10.3. The zero-order chi connectivity index (χ0) is 14.5. The average Bonchev–Trinajstić information content (AvgIpc) is 2.86. The van der Waals surface area contributed by atoms with Crippen molar-refractivity contribution in [1.82, 2.24) is 9.78 Å². The van der Waals surface area contributed by atoms with E-state index >= 15 is 0 Å². The fourth-order valence-electron chi connectivity index (χ4n) is 1.69. The standard InChI is InChI=1S/C13H14ClN3O3/c1-19-8-17-7-10(6-15-17)16-13(18)11-5-9(14)3-4-12(11)20-2/h3-7H,8H2,1-2H3,(H,16,18). The molecule has 0 radical (unpaired) electrons. The van der Waals surface area contributed by atoms with E-state index < -0.39 is 0 Å². The van der Waals surface area contributed by atoms with Crippen LogP contribution in [0.3, 0.4) is 0 Å². The number of benzene rings is 1. The second-order valence-electron chi connectivity index (χ2n) is 3.98. The quantitative estimate of drug-likeness (QED) is 0.920. The lowest BCUT2D eigenvalue weighted by atomic mass is 10.2. The minimum Gasteiger partial charge on any atom is -0.496 e. The molecule has 7 heteroatoms. The fourth-order valence-corrected chi connectivity index (χ4v) is 1.86. The van der Waals surface area contributed by atoms with Gasteiger partial charge in [0, 0.05) is 12.1 Å². The second-order valence-corrected chi connectivity index (χ2v) is 4.42. The summed E-state index contributed by atoms with van der Waals surface area (Å²) in [5, 5.41) is 7.22. The minimum absolute atomic E-state index is 0.316. The van der Waals surface area contributed by atoms with Crippen LogP contribution in [-0.4, -0.2) is 29.9 Å². The Bertz CT molecular complexity index is 613. The first-order valence-corrected chi connectivity index (χ1v) is 6.18. The molecule has 0 spiro atoms. The van der Waals surface area contributed by atoms with Gasteiger partial charge in [-0.05, 0) is 18.2 Å². The van der Waals surface area contributed by atoms with Crippen LogP contribution in [0, 0.1) is 0 Å². The Morgan fingerprint density at radius 3 is 2.95 bits per heavy atom. The van der Waals surface area contributed by atoms with Gasteiger partial charge in [-0.2, -0.15) is 5.10 Å². The van der Waals surface area contributed by atoms with E-state index in [1.807, 2.05) is 0 Å². The SMILES string of the molecule is COCn1cc(NC(=O)c2cc(Cl)ccc2OC)cn1. The van der Waals surface area contributed by atoms with Crippen LogP contribution in [0.2, 0.25) is 5.02 Å². The molecule has 1 amide bonds. The molecule has 0 fully saturated rings. The van der Waals surface area contributed by atoms with Gasteiger partial charge in [0.25, 0.3) is 5.91 Å². The lowest BCUT2D eigenvalue weighted by Crippen LogP contribution is -2.12. The number of methoxy groups -OCH3 is 2. The highest BCUT2D eigenvalue weighted by atomic mass is 35.5. The lowest BCUT2D eigenvalue weighted by molar-refractivity contribution is 0.102. The number of amides is 1. The van der Waals surface area contributed by atoms with E-state index in [0.29, 0.717) is 28.8 Å². The molecule has 0 saturated carbocycles. The van der Waals surface area contributed by atoms with Crippen molar-refractivity contribution in [3.8, 4) is 5.75 Å². The summed E-state index contributed by atoms with van der Waals surface area (Å²) < 4.78 is 11.6. The number of carbonyl (C=O) groups excluding carboxylic acids is 1. The summed E-state index contributed by atoms with van der Waals surface area (Å²) in [6.45, 7) is 0.316. The van der Waals surface area contributed by atoms with Crippen LogP contribution >= 0.6 is 11.6 Å². The zero-order valence-electron chi connectivity index (χ0n) is 11.1. The molecule has 2 aromatic rings. The van der Waals surface area contributed by atoms with E-state index in [1.165, 1.54) is 13.3 Å². The van der Waals surface area contributed by atoms with Crippen molar-refractivity contribution in [2.45, 2.75) is 6.73 Å². The van der Waals surface area contributed by atoms with Gasteiger partial charge in [0.15, 0.2) is 0 Å². The van der Waals surface area contributed by atoms with Crippen molar-refractivity contribution in [1.29, 1.82) is 0 Å². The minimum atomic E-state index is -0.318. The lowest BCUT2D eigenvalue weighted by Gasteiger charge is -2.08. The van der Waals surface area contributed by atoms with Crippen molar-refractivity contribution < 1.29 is 14.3 Å². The molecule has 1 N–H and O–H groups in total. The molecule has 0 aliphatic heterocycles. The van der Waals surface area contributed by atoms with Crippen molar-refractivity contribution in [3.63, 3.8) is 0 Å². The van der Waals surface area contributed by atoms with Gasteiger partial charge in [0.2, 0.25) is 0 Å². The molecule has 1 aromatic carbocycles. The Hall–Kier alpha value is -2.05. The summed E-state index contributed by atoms with van der Waals surface area (Å²) in [6, 6.07) is 4.86. The van der Waals surface area contributed by atoms with Crippen LogP contribution in [0.4, 0.5) is 5.69 Å². The van der Waals surface area contributed by atoms with Gasteiger partial charge < -0.3 is 14.8 Å². The van der Waals surface area contributed by atoms with Crippen molar-refractivity contribution >= 4 is 23.2 Å². The summed E-state index contributed by atoms with van der Waals surface area (Å²) in [5.41, 5.74) is 0.925. The highest BCUT2D eigenvalue weighted by molar-refractivity contribution is 6.31. The monoisotopic (exact) mass is 295 g/mol. The summed E-state index contributed by atoms with van der Waals surface area (Å²) in [7, 11) is 3.06. The molecule has 20 heavy (non-hydrogen) atoms. The number of hydrogen-bond donors (Lipinski definition) is 1. The first kappa shape index (κ1) is 14.4. The summed E-state index contributed by atoms with van der Waals surface area (Å²) in [4.78, 5) is 12.2. The van der Waals surface area contributed by atoms with E-state index in [9.17, 15) is 4.79 Å². The molecule has 0 bridgehead atoms. The number of aromatic nitrogens is 2. The summed E-state index contributed by atoms with van der Waals surface area (Å²) >= 11 is 5.90. The van der Waals surface area contributed by atoms with Gasteiger partial charge in [-0.1, -0.05) is 11.6 Å². The first-order valence-electron chi connectivity index (χ1n) is 5.80. The first-order chi connectivity index (χ1) is 9.63. The van der Waals surface area contributed by atoms with Gasteiger partial charge in [-0.3, -0.25) is 4.79 Å². The van der Waals surface area contributed by atoms with Crippen LogP contribution < -0.4 is 10.1 Å². The van der Waals surface area contributed by atoms with Crippen LogP contribution in [0.5, 0.6) is 5.75 Å². The van der Waals surface area contributed by atoms with Gasteiger partial charge in [-0.25, -0.2) is 4.68 Å². The Morgan fingerprint density at radius 1 is 1.45 bits per heavy atom. The van der Waals surface area contributed by atoms with E-state index in [2.05, 4.69) is 10.4 Å². The second kappa shape index (κ2) is 6.40. The van der Waals surface area contributed by atoms with Gasteiger partial charge in [0.05, 0.1) is 30.8 Å². The summed E-state index contributed by atoms with van der Waals surface area (Å²) in [6.07, 6.45) is 3.20. The predicted molar refractivity (Wildman–Crippen MR) is 75.2 cm³/mol. The van der Waals surface area contributed by atoms with E-state index in [-0.39, 0.29) is 5.91 Å². The fraction of sp³-hybridized carbons (Fsp3) is 0.231. The number of anilines is 1. The molecule has 0 saturated heterocycles. The highest BCUT2D eigenvalue weighted by Gasteiger charge is 2.13. The van der Waals surface area contributed by atoms with E-state index in [4.69, 9.17) is 21.1 Å². The van der Waals surface area contributed by atoms with Crippen LogP contribution in [0.1, 0.15) is 10.4 Å². The van der Waals surface area contributed by atoms with E-state index in [1.54, 1.807) is 36.2 Å². The Balaban J connectivity index is 2.16. The molecule has 0 aliphatic carbocycles. The molecule has 1 heterocycles. The Kier molecular flexibility index (Phi) is 4.60. The van der Waals surface area contributed by atoms with Crippen LogP contribution in [0.15, 0.2) is 30.6 Å². The molecule has 0 atom stereocenters. The maximum absolute atomic E-state index is 12.2. The smallest absolute Gasteiger partial charge is 0.259 e. The Labute approximate surface area is 121 Å². The van der Waals surface area contributed by atoms with Crippen molar-refractivity contribution in [2.24, 2.45) is 0 Å². The average molecular weight is 296 g/mol. The van der Waals surface area contributed by atoms with Gasteiger partial charge in [-0.15, -0.1) is 0 Å². The third kappa shape index (κ3) is 3.28. The summed E-state index contributed by atoms with van der Waals surface area (Å²) in [5.74, 6) is 0.137. The number of rotatable bonds is 5. The largest absolute Gasteiger partial charge is 0.496 e. The molecule has 1 aromatic heterocycles. The molecular weight excluding hydrogens is 282 g/mol. The van der Waals surface area contributed by atoms with Crippen molar-refractivity contribution in [2.75, 3.05) is 19.5 Å². The maximum Gasteiger partial charge on any atom is 0.259 e. The molecular formula is C13H14ClN3O3. The number of hydrogen-bond acceptors (Lipinski definition) is 4. The number of nitrogens with one attached hydrogen (secondary N) is 1. The third-order valence-electron chi connectivity index (χ3n) is 2.56. The van der Waals surface area contributed by atoms with Crippen LogP contribution in [-0.2, 0) is 11.5 Å². The molecule has 0 aliphatic rings. The molecule has 106 valence electrons. The van der Waals surface area contributed by atoms with Gasteiger partial charge >= 0.3 is 0 Å². The number of carbonyl (C=O) groups is 1.